The van der Waals surface area contributed by atoms with E-state index in [4.69, 9.17) is 15.7 Å². The van der Waals surface area contributed by atoms with Crippen LogP contribution in [0.15, 0.2) is 0 Å². The van der Waals surface area contributed by atoms with Crippen molar-refractivity contribution in [2.45, 2.75) is 88.6 Å². The third kappa shape index (κ3) is 1.73. The maximum absolute atomic E-state index is 7.23. The van der Waals surface area contributed by atoms with Crippen molar-refractivity contribution in [3.05, 3.63) is 0 Å². The highest BCUT2D eigenvalue weighted by Crippen LogP contribution is 2.65. The summed E-state index contributed by atoms with van der Waals surface area (Å²) in [5.74, 6) is 0. The van der Waals surface area contributed by atoms with Crippen molar-refractivity contribution in [2.75, 3.05) is 0 Å². The molecule has 108 valence electrons. The number of hydrogen-bond donors (Lipinski definition) is 0. The molecule has 0 saturated carbocycles. The third-order valence-electron chi connectivity index (χ3n) is 5.24. The number of rotatable bonds is 4. The maximum Gasteiger partial charge on any atom is 0.205 e. The zero-order chi connectivity index (χ0) is 14.5. The minimum Gasteiger partial charge on any atom is -0.452 e. The van der Waals surface area contributed by atoms with Crippen LogP contribution in [0.1, 0.15) is 62.3 Å². The van der Waals surface area contributed by atoms with E-state index in [1.807, 2.05) is 0 Å². The van der Waals surface area contributed by atoms with Crippen LogP contribution in [0.4, 0.5) is 0 Å². The van der Waals surface area contributed by atoms with E-state index in [2.05, 4.69) is 62.3 Å². The molecule has 0 aromatic carbocycles. The van der Waals surface area contributed by atoms with Crippen molar-refractivity contribution in [1.29, 1.82) is 0 Å². The molecular formula is C14H31ClOSi2. The molecule has 0 unspecified atom stereocenters. The SMILES string of the molecule is CC(C)[Si]1(C(C)C)O[Si](C(C)C)(C(C)C)C1(C)Cl. The number of alkyl halides is 1. The minimum absolute atomic E-state index is 0.0370. The van der Waals surface area contributed by atoms with E-state index in [1.54, 1.807) is 0 Å². The van der Waals surface area contributed by atoms with Gasteiger partial charge in [0, 0.05) is 0 Å². The number of halogens is 1. The Balaban J connectivity index is 3.30. The monoisotopic (exact) mass is 306 g/mol. The fourth-order valence-corrected chi connectivity index (χ4v) is 28.1. The van der Waals surface area contributed by atoms with E-state index in [0.29, 0.717) is 22.2 Å². The Bertz CT molecular complexity index is 267. The van der Waals surface area contributed by atoms with Gasteiger partial charge in [-0.25, -0.2) is 0 Å². The molecule has 4 heteroatoms. The molecule has 0 aliphatic carbocycles. The van der Waals surface area contributed by atoms with Crippen LogP contribution in [0.3, 0.4) is 0 Å². The van der Waals surface area contributed by atoms with Crippen molar-refractivity contribution >= 4 is 28.2 Å². The van der Waals surface area contributed by atoms with Crippen molar-refractivity contribution < 1.29 is 4.12 Å². The summed E-state index contributed by atoms with van der Waals surface area (Å²) in [6, 6.07) is 0. The standard InChI is InChI=1S/C14H31ClOSi2/c1-10(2)17(11(3)4)14(9,15)18(16-17,12(5)6)13(7)8/h10-13H,1-9H3. The molecule has 0 radical (unpaired) electrons. The second-order valence-electron chi connectivity index (χ2n) is 7.31. The molecule has 1 rings (SSSR count). The quantitative estimate of drug-likeness (QED) is 0.483. The topological polar surface area (TPSA) is 9.23 Å². The van der Waals surface area contributed by atoms with Crippen molar-refractivity contribution in [3.8, 4) is 0 Å². The normalized spacial score (nSPS) is 25.0. The summed E-state index contributed by atoms with van der Waals surface area (Å²) in [6.45, 7) is 20.8. The maximum atomic E-state index is 7.23. The largest absolute Gasteiger partial charge is 0.452 e. The van der Waals surface area contributed by atoms with E-state index in [0.717, 1.165) is 0 Å². The lowest BCUT2D eigenvalue weighted by molar-refractivity contribution is 0.367. The Morgan fingerprint density at radius 1 is 0.722 bits per heavy atom. The fraction of sp³-hybridized carbons (Fsp3) is 1.00. The second-order valence-corrected chi connectivity index (χ2v) is 19.8. The van der Waals surface area contributed by atoms with Gasteiger partial charge in [-0.2, -0.15) is 0 Å². The summed E-state index contributed by atoms with van der Waals surface area (Å²) in [5.41, 5.74) is 2.38. The molecule has 1 fully saturated rings. The zero-order valence-electron chi connectivity index (χ0n) is 13.6. The first-order valence-corrected chi connectivity index (χ1v) is 11.9. The van der Waals surface area contributed by atoms with Crippen LogP contribution in [0.25, 0.3) is 0 Å². The lowest BCUT2D eigenvalue weighted by Gasteiger charge is -2.71. The van der Waals surface area contributed by atoms with Crippen LogP contribution < -0.4 is 0 Å². The van der Waals surface area contributed by atoms with Gasteiger partial charge < -0.3 is 4.12 Å². The van der Waals surface area contributed by atoms with Gasteiger partial charge in [0.05, 0.1) is 4.12 Å². The van der Waals surface area contributed by atoms with Gasteiger partial charge in [-0.15, -0.1) is 11.6 Å². The van der Waals surface area contributed by atoms with Crippen LogP contribution in [0.2, 0.25) is 22.2 Å². The van der Waals surface area contributed by atoms with E-state index in [-0.39, 0.29) is 4.12 Å². The van der Waals surface area contributed by atoms with Gasteiger partial charge in [0.15, 0.2) is 0 Å². The molecule has 1 nitrogen and oxygen atoms in total. The third-order valence-corrected chi connectivity index (χ3v) is 21.9. The second kappa shape index (κ2) is 4.90. The van der Waals surface area contributed by atoms with E-state index in [9.17, 15) is 0 Å². The summed E-state index contributed by atoms with van der Waals surface area (Å²) in [7, 11) is -3.72. The number of hydrogen-bond acceptors (Lipinski definition) is 1. The smallest absolute Gasteiger partial charge is 0.205 e. The first kappa shape index (κ1) is 16.7. The van der Waals surface area contributed by atoms with Crippen molar-refractivity contribution in [1.82, 2.24) is 0 Å². The average molecular weight is 307 g/mol. The molecule has 0 bridgehead atoms. The molecule has 18 heavy (non-hydrogen) atoms. The highest BCUT2D eigenvalue weighted by atomic mass is 35.5. The molecule has 1 aliphatic heterocycles. The summed E-state index contributed by atoms with van der Waals surface area (Å²) in [4.78, 5) is 0. The lowest BCUT2D eigenvalue weighted by atomic mass is 10.5. The lowest BCUT2D eigenvalue weighted by Crippen LogP contribution is -2.88. The summed E-state index contributed by atoms with van der Waals surface area (Å²) in [6.07, 6.45) is 0. The molecular weight excluding hydrogens is 276 g/mol. The first-order valence-electron chi connectivity index (χ1n) is 7.37. The van der Waals surface area contributed by atoms with Gasteiger partial charge >= 0.3 is 0 Å². The molecule has 0 atom stereocenters. The van der Waals surface area contributed by atoms with E-state index < -0.39 is 16.6 Å². The van der Waals surface area contributed by atoms with Gasteiger partial charge in [-0.1, -0.05) is 55.4 Å². The van der Waals surface area contributed by atoms with Crippen LogP contribution in [0.5, 0.6) is 0 Å². The fourth-order valence-electron chi connectivity index (χ4n) is 4.70. The average Bonchev–Trinajstić information content (AvgIpc) is 2.14. The van der Waals surface area contributed by atoms with Crippen LogP contribution in [-0.2, 0) is 4.12 Å². The van der Waals surface area contributed by atoms with Gasteiger partial charge in [0.25, 0.3) is 0 Å². The Labute approximate surface area is 121 Å². The van der Waals surface area contributed by atoms with Crippen molar-refractivity contribution in [2.24, 2.45) is 0 Å². The molecule has 0 amide bonds. The zero-order valence-corrected chi connectivity index (χ0v) is 16.4. The molecule has 1 aliphatic rings. The molecule has 1 heterocycles. The Hall–Kier alpha value is 0.684. The predicted octanol–water partition coefficient (Wildman–Crippen LogP) is 5.62. The van der Waals surface area contributed by atoms with Crippen LogP contribution in [0, 0.1) is 0 Å². The molecule has 0 N–H and O–H groups in total. The molecule has 0 aromatic rings. The first-order chi connectivity index (χ1) is 7.98. The molecule has 0 spiro atoms. The predicted molar refractivity (Wildman–Crippen MR) is 87.2 cm³/mol. The van der Waals surface area contributed by atoms with Gasteiger partial charge in [-0.3, -0.25) is 0 Å². The summed E-state index contributed by atoms with van der Waals surface area (Å²) in [5, 5.41) is 0. The molecule has 0 aromatic heterocycles. The van der Waals surface area contributed by atoms with Gasteiger partial charge in [0.2, 0.25) is 16.6 Å². The Kier molecular flexibility index (Phi) is 4.56. The van der Waals surface area contributed by atoms with Gasteiger partial charge in [0.1, 0.15) is 0 Å². The van der Waals surface area contributed by atoms with Crippen LogP contribution in [-0.4, -0.2) is 20.8 Å². The minimum atomic E-state index is -1.86. The van der Waals surface area contributed by atoms with Crippen LogP contribution >= 0.6 is 11.6 Å². The van der Waals surface area contributed by atoms with Crippen molar-refractivity contribution in [3.63, 3.8) is 0 Å². The highest BCUT2D eigenvalue weighted by molar-refractivity contribution is 7.16. The summed E-state index contributed by atoms with van der Waals surface area (Å²) >= 11 is 7.23. The van der Waals surface area contributed by atoms with E-state index in [1.165, 1.54) is 0 Å². The van der Waals surface area contributed by atoms with Gasteiger partial charge in [-0.05, 0) is 29.1 Å². The Morgan fingerprint density at radius 3 is 1.06 bits per heavy atom. The highest BCUT2D eigenvalue weighted by Gasteiger charge is 2.79. The van der Waals surface area contributed by atoms with E-state index >= 15 is 0 Å². The Morgan fingerprint density at radius 2 is 0.944 bits per heavy atom. The molecule has 1 saturated heterocycles. The summed E-state index contributed by atoms with van der Waals surface area (Å²) < 4.78 is 6.88.